The van der Waals surface area contributed by atoms with Crippen LogP contribution in [0.3, 0.4) is 0 Å². The summed E-state index contributed by atoms with van der Waals surface area (Å²) < 4.78 is 2.20. The molecule has 26 heavy (non-hydrogen) atoms. The maximum atomic E-state index is 12.8. The number of amides is 1. The van der Waals surface area contributed by atoms with Gasteiger partial charge in [-0.25, -0.2) is 0 Å². The largest absolute Gasteiger partial charge is 0.390 e. The summed E-state index contributed by atoms with van der Waals surface area (Å²) in [4.78, 5) is 14.7. The highest BCUT2D eigenvalue weighted by molar-refractivity contribution is 6.08. The molecule has 0 bridgehead atoms. The number of aryl methyl sites for hydroxylation is 1. The van der Waals surface area contributed by atoms with E-state index in [1.165, 1.54) is 21.8 Å². The summed E-state index contributed by atoms with van der Waals surface area (Å²) in [6.45, 7) is 5.14. The number of carbonyl (C=O) groups excluding carboxylic acids is 1. The lowest BCUT2D eigenvalue weighted by molar-refractivity contribution is -0.137. The molecule has 1 fully saturated rings. The standard InChI is InChI=1S/C22H26N2O2/c1-15-14-24(11-10-22(15,2)26)21(25)13-16-8-9-20-18(12-16)17-6-4-5-7-19(17)23(20)3/h4-9,12,15,26H,10-11,13-14H2,1-3H3. The van der Waals surface area contributed by atoms with Gasteiger partial charge in [0, 0.05) is 47.9 Å². The first-order chi connectivity index (χ1) is 12.4. The normalized spacial score (nSPS) is 23.7. The van der Waals surface area contributed by atoms with E-state index in [4.69, 9.17) is 0 Å². The van der Waals surface area contributed by atoms with Crippen LogP contribution in [0.15, 0.2) is 42.5 Å². The number of aliphatic hydroxyl groups is 1. The molecule has 1 aliphatic heterocycles. The number of aromatic nitrogens is 1. The van der Waals surface area contributed by atoms with Crippen molar-refractivity contribution in [2.45, 2.75) is 32.3 Å². The quantitative estimate of drug-likeness (QED) is 0.769. The highest BCUT2D eigenvalue weighted by Crippen LogP contribution is 2.30. The summed E-state index contributed by atoms with van der Waals surface area (Å²) in [5, 5.41) is 12.7. The molecule has 2 heterocycles. The van der Waals surface area contributed by atoms with Gasteiger partial charge in [-0.15, -0.1) is 0 Å². The zero-order valence-electron chi connectivity index (χ0n) is 15.7. The second kappa shape index (κ2) is 6.13. The van der Waals surface area contributed by atoms with Gasteiger partial charge in [-0.1, -0.05) is 31.2 Å². The van der Waals surface area contributed by atoms with Crippen molar-refractivity contribution >= 4 is 27.7 Å². The van der Waals surface area contributed by atoms with Gasteiger partial charge in [-0.2, -0.15) is 0 Å². The average Bonchev–Trinajstić information content (AvgIpc) is 2.90. The lowest BCUT2D eigenvalue weighted by atomic mass is 9.84. The topological polar surface area (TPSA) is 45.5 Å². The first-order valence-electron chi connectivity index (χ1n) is 9.33. The molecule has 2 aromatic carbocycles. The second-order valence-corrected chi connectivity index (χ2v) is 7.95. The monoisotopic (exact) mass is 350 g/mol. The number of rotatable bonds is 2. The third kappa shape index (κ3) is 2.78. The number of likely N-dealkylation sites (tertiary alicyclic amines) is 1. The Bertz CT molecular complexity index is 986. The van der Waals surface area contributed by atoms with E-state index < -0.39 is 5.60 Å². The smallest absolute Gasteiger partial charge is 0.227 e. The first-order valence-corrected chi connectivity index (χ1v) is 9.33. The predicted molar refractivity (Wildman–Crippen MR) is 105 cm³/mol. The molecule has 2 unspecified atom stereocenters. The molecule has 0 spiro atoms. The Balaban J connectivity index is 1.60. The number of nitrogens with zero attached hydrogens (tertiary/aromatic N) is 2. The molecule has 1 N–H and O–H groups in total. The molecular weight excluding hydrogens is 324 g/mol. The molecule has 0 radical (unpaired) electrons. The van der Waals surface area contributed by atoms with Crippen molar-refractivity contribution in [2.75, 3.05) is 13.1 Å². The van der Waals surface area contributed by atoms with E-state index in [1.54, 1.807) is 0 Å². The highest BCUT2D eigenvalue weighted by atomic mass is 16.3. The van der Waals surface area contributed by atoms with Crippen LogP contribution in [0.1, 0.15) is 25.8 Å². The second-order valence-electron chi connectivity index (χ2n) is 7.95. The minimum Gasteiger partial charge on any atom is -0.390 e. The van der Waals surface area contributed by atoms with Gasteiger partial charge in [0.05, 0.1) is 12.0 Å². The van der Waals surface area contributed by atoms with Crippen molar-refractivity contribution in [3.05, 3.63) is 48.0 Å². The van der Waals surface area contributed by atoms with E-state index in [2.05, 4.69) is 54.1 Å². The van der Waals surface area contributed by atoms with Crippen LogP contribution in [0.4, 0.5) is 0 Å². The van der Waals surface area contributed by atoms with Gasteiger partial charge in [-0.05, 0) is 37.1 Å². The summed E-state index contributed by atoms with van der Waals surface area (Å²) in [6.07, 6.45) is 1.05. The minimum atomic E-state index is -0.668. The summed E-state index contributed by atoms with van der Waals surface area (Å²) in [7, 11) is 2.08. The van der Waals surface area contributed by atoms with Crippen molar-refractivity contribution in [2.24, 2.45) is 13.0 Å². The SMILES string of the molecule is CC1CN(C(=O)Cc2ccc3c(c2)c2ccccc2n3C)CCC1(C)O. The van der Waals surface area contributed by atoms with E-state index in [0.717, 1.165) is 5.56 Å². The molecule has 1 aromatic heterocycles. The van der Waals surface area contributed by atoms with Crippen molar-refractivity contribution in [1.82, 2.24) is 9.47 Å². The summed E-state index contributed by atoms with van der Waals surface area (Å²) in [6, 6.07) is 14.7. The zero-order chi connectivity index (χ0) is 18.5. The molecule has 0 aliphatic carbocycles. The van der Waals surface area contributed by atoms with Crippen LogP contribution in [-0.4, -0.2) is 39.2 Å². The lowest BCUT2D eigenvalue weighted by Crippen LogP contribution is -2.51. The van der Waals surface area contributed by atoms with Crippen LogP contribution in [0.25, 0.3) is 21.8 Å². The van der Waals surface area contributed by atoms with Gasteiger partial charge in [-0.3, -0.25) is 4.79 Å². The number of hydrogen-bond donors (Lipinski definition) is 1. The fourth-order valence-electron chi connectivity index (χ4n) is 4.06. The molecule has 136 valence electrons. The summed E-state index contributed by atoms with van der Waals surface area (Å²) in [5.74, 6) is 0.243. The Hall–Kier alpha value is -2.33. The van der Waals surface area contributed by atoms with Crippen molar-refractivity contribution in [3.63, 3.8) is 0 Å². The Morgan fingerprint density at radius 2 is 1.92 bits per heavy atom. The van der Waals surface area contributed by atoms with Gasteiger partial charge in [0.15, 0.2) is 0 Å². The molecule has 0 saturated carbocycles. The van der Waals surface area contributed by atoms with Crippen LogP contribution < -0.4 is 0 Å². The molecule has 1 saturated heterocycles. The van der Waals surface area contributed by atoms with Gasteiger partial charge in [0.2, 0.25) is 5.91 Å². The van der Waals surface area contributed by atoms with Crippen molar-refractivity contribution < 1.29 is 9.90 Å². The fourth-order valence-corrected chi connectivity index (χ4v) is 4.06. The molecule has 1 amide bonds. The van der Waals surface area contributed by atoms with E-state index in [-0.39, 0.29) is 11.8 Å². The Morgan fingerprint density at radius 3 is 2.69 bits per heavy atom. The Morgan fingerprint density at radius 1 is 1.19 bits per heavy atom. The Labute approximate surface area is 154 Å². The van der Waals surface area contributed by atoms with Gasteiger partial charge in [0.1, 0.15) is 0 Å². The van der Waals surface area contributed by atoms with Crippen LogP contribution in [0, 0.1) is 5.92 Å². The number of para-hydroxylation sites is 1. The first kappa shape index (κ1) is 17.1. The van der Waals surface area contributed by atoms with Crippen LogP contribution in [-0.2, 0) is 18.3 Å². The third-order valence-corrected chi connectivity index (χ3v) is 6.13. The van der Waals surface area contributed by atoms with Gasteiger partial charge < -0.3 is 14.6 Å². The van der Waals surface area contributed by atoms with E-state index in [9.17, 15) is 9.90 Å². The summed E-state index contributed by atoms with van der Waals surface area (Å²) >= 11 is 0. The van der Waals surface area contributed by atoms with Crippen LogP contribution in [0.5, 0.6) is 0 Å². The number of fused-ring (bicyclic) bond motifs is 3. The van der Waals surface area contributed by atoms with E-state index in [0.29, 0.717) is 25.9 Å². The lowest BCUT2D eigenvalue weighted by Gasteiger charge is -2.41. The van der Waals surface area contributed by atoms with Crippen LogP contribution >= 0.6 is 0 Å². The molecule has 4 heteroatoms. The molecule has 3 aromatic rings. The van der Waals surface area contributed by atoms with E-state index in [1.807, 2.05) is 18.7 Å². The molecule has 4 rings (SSSR count). The molecule has 1 aliphatic rings. The number of carbonyl (C=O) groups is 1. The summed E-state index contributed by atoms with van der Waals surface area (Å²) in [5.41, 5.74) is 2.77. The maximum absolute atomic E-state index is 12.8. The van der Waals surface area contributed by atoms with Crippen molar-refractivity contribution in [3.8, 4) is 0 Å². The maximum Gasteiger partial charge on any atom is 0.227 e. The molecule has 2 atom stereocenters. The minimum absolute atomic E-state index is 0.0979. The molecule has 4 nitrogen and oxygen atoms in total. The third-order valence-electron chi connectivity index (χ3n) is 6.13. The Kier molecular flexibility index (Phi) is 4.03. The number of benzene rings is 2. The zero-order valence-corrected chi connectivity index (χ0v) is 15.7. The van der Waals surface area contributed by atoms with Gasteiger partial charge in [0.25, 0.3) is 0 Å². The molecular formula is C22H26N2O2. The fraction of sp³-hybridized carbons (Fsp3) is 0.409. The van der Waals surface area contributed by atoms with Crippen molar-refractivity contribution in [1.29, 1.82) is 0 Å². The number of hydrogen-bond acceptors (Lipinski definition) is 2. The number of piperidine rings is 1. The predicted octanol–water partition coefficient (Wildman–Crippen LogP) is 3.49. The highest BCUT2D eigenvalue weighted by Gasteiger charge is 2.35. The average molecular weight is 350 g/mol. The van der Waals surface area contributed by atoms with Crippen LogP contribution in [0.2, 0.25) is 0 Å². The van der Waals surface area contributed by atoms with E-state index >= 15 is 0 Å². The van der Waals surface area contributed by atoms with Gasteiger partial charge >= 0.3 is 0 Å².